The highest BCUT2D eigenvalue weighted by molar-refractivity contribution is 7.92. The maximum Gasteiger partial charge on any atom is 0.232 e. The predicted molar refractivity (Wildman–Crippen MR) is 133 cm³/mol. The van der Waals surface area contributed by atoms with Crippen LogP contribution in [0.3, 0.4) is 0 Å². The van der Waals surface area contributed by atoms with Gasteiger partial charge in [0.15, 0.2) is 9.84 Å². The highest BCUT2D eigenvalue weighted by Gasteiger charge is 2.40. The van der Waals surface area contributed by atoms with Crippen LogP contribution in [0.4, 0.5) is 0 Å². The summed E-state index contributed by atoms with van der Waals surface area (Å²) in [4.78, 5) is 22.7. The molecule has 1 saturated heterocycles. The Morgan fingerprint density at radius 3 is 2.50 bits per heavy atom. The van der Waals surface area contributed by atoms with E-state index < -0.39 is 9.84 Å². The van der Waals surface area contributed by atoms with Crippen LogP contribution in [0.25, 0.3) is 0 Å². The van der Waals surface area contributed by atoms with E-state index in [1.165, 1.54) is 12.4 Å². The molecule has 0 bridgehead atoms. The number of hydrogen-bond donors (Lipinski definition) is 1. The summed E-state index contributed by atoms with van der Waals surface area (Å²) in [6.07, 6.45) is 9.17. The SMILES string of the molecule is O=C(Cc1cnc(OCCO)cn1)[C@H](CC1CCOCC1)c1ccc(S(=O)(=O)C2CC2)c(C2CC2)c1. The number of hydrogen-bond acceptors (Lipinski definition) is 8. The van der Waals surface area contributed by atoms with Crippen LogP contribution in [0.1, 0.15) is 73.6 Å². The number of carbonyl (C=O) groups excluding carboxylic acids is 1. The lowest BCUT2D eigenvalue weighted by molar-refractivity contribution is -0.120. The molecule has 0 spiro atoms. The van der Waals surface area contributed by atoms with Crippen molar-refractivity contribution in [3.8, 4) is 5.88 Å². The summed E-state index contributed by atoms with van der Waals surface area (Å²) < 4.78 is 37.0. The number of benzene rings is 1. The number of aliphatic hydroxyl groups is 1. The van der Waals surface area contributed by atoms with E-state index in [1.807, 2.05) is 12.1 Å². The van der Waals surface area contributed by atoms with Gasteiger partial charge in [0, 0.05) is 19.1 Å². The molecule has 2 heterocycles. The zero-order valence-corrected chi connectivity index (χ0v) is 21.3. The number of ether oxygens (including phenoxy) is 2. The second kappa shape index (κ2) is 10.9. The minimum atomic E-state index is -3.30. The Bertz CT molecular complexity index is 1170. The summed E-state index contributed by atoms with van der Waals surface area (Å²) in [6, 6.07) is 5.63. The van der Waals surface area contributed by atoms with Crippen molar-refractivity contribution in [1.29, 1.82) is 0 Å². The summed E-state index contributed by atoms with van der Waals surface area (Å²) in [5.74, 6) is 0.673. The van der Waals surface area contributed by atoms with Gasteiger partial charge in [0.1, 0.15) is 12.4 Å². The van der Waals surface area contributed by atoms with Gasteiger partial charge in [0.2, 0.25) is 5.88 Å². The maximum atomic E-state index is 13.7. The Morgan fingerprint density at radius 2 is 1.86 bits per heavy atom. The minimum absolute atomic E-state index is 0.0550. The lowest BCUT2D eigenvalue weighted by Crippen LogP contribution is -2.23. The number of sulfone groups is 1. The van der Waals surface area contributed by atoms with Gasteiger partial charge in [0.05, 0.1) is 41.3 Å². The van der Waals surface area contributed by atoms with Crippen LogP contribution >= 0.6 is 0 Å². The minimum Gasteiger partial charge on any atom is -0.474 e. The third kappa shape index (κ3) is 5.95. The van der Waals surface area contributed by atoms with Crippen LogP contribution in [0.5, 0.6) is 5.88 Å². The quantitative estimate of drug-likeness (QED) is 0.458. The average Bonchev–Trinajstić information content (AvgIpc) is 3.79. The van der Waals surface area contributed by atoms with Crippen LogP contribution in [0, 0.1) is 5.92 Å². The first kappa shape index (κ1) is 25.3. The van der Waals surface area contributed by atoms with Crippen molar-refractivity contribution in [2.24, 2.45) is 5.92 Å². The zero-order valence-electron chi connectivity index (χ0n) is 20.5. The van der Waals surface area contributed by atoms with E-state index in [0.717, 1.165) is 49.7 Å². The molecular weight excluding hydrogens is 480 g/mol. The molecule has 1 N–H and O–H groups in total. The van der Waals surface area contributed by atoms with Gasteiger partial charge in [-0.2, -0.15) is 0 Å². The number of nitrogens with zero attached hydrogens (tertiary/aromatic N) is 2. The molecule has 1 aliphatic heterocycles. The molecule has 3 fully saturated rings. The van der Waals surface area contributed by atoms with Crippen LogP contribution in [-0.4, -0.2) is 61.0 Å². The van der Waals surface area contributed by atoms with Crippen molar-refractivity contribution in [3.63, 3.8) is 0 Å². The van der Waals surface area contributed by atoms with Crippen molar-refractivity contribution in [1.82, 2.24) is 9.97 Å². The van der Waals surface area contributed by atoms with Crippen LogP contribution in [-0.2, 0) is 25.8 Å². The molecule has 5 rings (SSSR count). The smallest absolute Gasteiger partial charge is 0.232 e. The van der Waals surface area contributed by atoms with Gasteiger partial charge in [0.25, 0.3) is 0 Å². The van der Waals surface area contributed by atoms with E-state index in [0.29, 0.717) is 42.0 Å². The summed E-state index contributed by atoms with van der Waals surface area (Å²) in [5.41, 5.74) is 2.36. The average molecular weight is 515 g/mol. The molecule has 8 nitrogen and oxygen atoms in total. The van der Waals surface area contributed by atoms with Crippen LogP contribution < -0.4 is 4.74 Å². The van der Waals surface area contributed by atoms with Gasteiger partial charge < -0.3 is 14.6 Å². The van der Waals surface area contributed by atoms with E-state index in [1.54, 1.807) is 6.07 Å². The fraction of sp³-hybridized carbons (Fsp3) is 0.593. The summed E-state index contributed by atoms with van der Waals surface area (Å²) >= 11 is 0. The first-order valence-electron chi connectivity index (χ1n) is 13.0. The molecule has 2 saturated carbocycles. The largest absolute Gasteiger partial charge is 0.474 e. The van der Waals surface area contributed by atoms with Gasteiger partial charge in [-0.1, -0.05) is 12.1 Å². The number of aliphatic hydroxyl groups excluding tert-OH is 1. The van der Waals surface area contributed by atoms with Crippen LogP contribution in [0.2, 0.25) is 0 Å². The third-order valence-corrected chi connectivity index (χ3v) is 9.73. The summed E-state index contributed by atoms with van der Waals surface area (Å²) in [6.45, 7) is 1.44. The molecule has 1 atom stereocenters. The number of aromatic nitrogens is 2. The molecule has 0 amide bonds. The van der Waals surface area contributed by atoms with E-state index in [2.05, 4.69) is 9.97 Å². The van der Waals surface area contributed by atoms with Crippen LogP contribution in [0.15, 0.2) is 35.5 Å². The fourth-order valence-corrected chi connectivity index (χ4v) is 6.97. The van der Waals surface area contributed by atoms with E-state index in [-0.39, 0.29) is 42.5 Å². The van der Waals surface area contributed by atoms with Crippen molar-refractivity contribution in [2.75, 3.05) is 26.4 Å². The van der Waals surface area contributed by atoms with Gasteiger partial charge in [-0.25, -0.2) is 13.4 Å². The molecule has 9 heteroatoms. The lowest BCUT2D eigenvalue weighted by Gasteiger charge is -2.27. The Balaban J connectivity index is 1.40. The van der Waals surface area contributed by atoms with Gasteiger partial charge in [-0.15, -0.1) is 0 Å². The Kier molecular flexibility index (Phi) is 7.69. The van der Waals surface area contributed by atoms with E-state index in [9.17, 15) is 13.2 Å². The first-order chi connectivity index (χ1) is 17.5. The van der Waals surface area contributed by atoms with E-state index >= 15 is 0 Å². The summed E-state index contributed by atoms with van der Waals surface area (Å²) in [5, 5.41) is 8.65. The van der Waals surface area contributed by atoms with Crippen molar-refractivity contribution < 1.29 is 27.8 Å². The number of carbonyl (C=O) groups is 1. The maximum absolute atomic E-state index is 13.7. The Morgan fingerprint density at radius 1 is 1.08 bits per heavy atom. The zero-order chi connectivity index (χ0) is 25.1. The van der Waals surface area contributed by atoms with Gasteiger partial charge >= 0.3 is 0 Å². The first-order valence-corrected chi connectivity index (χ1v) is 14.5. The fourth-order valence-electron chi connectivity index (χ4n) is 5.04. The standard InChI is InChI=1S/C27H34N2O6S/c30-9-12-35-27-17-28-21(16-29-27)15-25(31)23(13-18-7-10-34-11-8-18)20-3-6-26(24(14-20)19-1-2-19)36(32,33)22-4-5-22/h3,6,14,16-19,22-23,30H,1-2,4-5,7-13,15H2/t23-/m1/s1. The van der Waals surface area contributed by atoms with Gasteiger partial charge in [-0.05, 0) is 74.0 Å². The molecule has 194 valence electrons. The number of Topliss-reactive ketones (excluding diaryl/α,β-unsaturated/α-hetero) is 1. The van der Waals surface area contributed by atoms with Crippen molar-refractivity contribution in [3.05, 3.63) is 47.4 Å². The number of rotatable bonds is 12. The molecule has 2 aromatic rings. The summed E-state index contributed by atoms with van der Waals surface area (Å²) in [7, 11) is -3.30. The normalized spacial score (nSPS) is 19.7. The second-order valence-electron chi connectivity index (χ2n) is 10.2. The van der Waals surface area contributed by atoms with Crippen molar-refractivity contribution >= 4 is 15.6 Å². The highest BCUT2D eigenvalue weighted by atomic mass is 32.2. The monoisotopic (exact) mass is 514 g/mol. The number of ketones is 1. The molecule has 0 unspecified atom stereocenters. The van der Waals surface area contributed by atoms with Gasteiger partial charge in [-0.3, -0.25) is 9.78 Å². The topological polar surface area (TPSA) is 116 Å². The molecule has 0 radical (unpaired) electrons. The van der Waals surface area contributed by atoms with E-state index in [4.69, 9.17) is 14.6 Å². The van der Waals surface area contributed by atoms with Crippen molar-refractivity contribution in [2.45, 2.75) is 73.3 Å². The second-order valence-corrected chi connectivity index (χ2v) is 12.4. The molecule has 1 aromatic heterocycles. The lowest BCUT2D eigenvalue weighted by atomic mass is 9.81. The highest BCUT2D eigenvalue weighted by Crippen LogP contribution is 2.46. The predicted octanol–water partition coefficient (Wildman–Crippen LogP) is 3.37. The molecule has 36 heavy (non-hydrogen) atoms. The Labute approximate surface area is 212 Å². The third-order valence-electron chi connectivity index (χ3n) is 7.40. The molecule has 3 aliphatic rings. The Hall–Kier alpha value is -2.36. The molecule has 2 aliphatic carbocycles. The molecule has 1 aromatic carbocycles. The molecular formula is C27H34N2O6S.